The number of primary amides is 1. The van der Waals surface area contributed by atoms with Gasteiger partial charge >= 0.3 is 13.6 Å². The fraction of sp³-hybridized carbons (Fsp3) is 0.190. The van der Waals surface area contributed by atoms with Crippen LogP contribution < -0.4 is 21.1 Å². The molecule has 0 saturated carbocycles. The van der Waals surface area contributed by atoms with Gasteiger partial charge in [-0.3, -0.25) is 9.29 Å². The van der Waals surface area contributed by atoms with Crippen molar-refractivity contribution in [1.82, 2.24) is 0 Å². The lowest BCUT2D eigenvalue weighted by Gasteiger charge is -2.18. The number of carbonyl (C=O) groups is 1. The summed E-state index contributed by atoms with van der Waals surface area (Å²) in [7, 11) is -7.53. The molecule has 0 aliphatic rings. The number of carbonyl (C=O) groups excluding carboxylic acids is 1. The number of benzene rings is 3. The number of anilines is 2. The Labute approximate surface area is 186 Å². The molecule has 170 valence electrons. The van der Waals surface area contributed by atoms with E-state index < -0.39 is 23.7 Å². The van der Waals surface area contributed by atoms with Crippen LogP contribution in [0.25, 0.3) is 10.8 Å². The molecule has 0 aliphatic heterocycles. The second kappa shape index (κ2) is 9.70. The molecule has 0 heterocycles. The van der Waals surface area contributed by atoms with E-state index in [4.69, 9.17) is 14.8 Å². The highest BCUT2D eigenvalue weighted by molar-refractivity contribution is 7.92. The predicted molar refractivity (Wildman–Crippen MR) is 125 cm³/mol. The number of nitrogens with one attached hydrogen (secondary N) is 2. The molecule has 3 rings (SSSR count). The summed E-state index contributed by atoms with van der Waals surface area (Å²) in [6.07, 6.45) is 0. The van der Waals surface area contributed by atoms with Crippen molar-refractivity contribution in [3.8, 4) is 0 Å². The van der Waals surface area contributed by atoms with Gasteiger partial charge in [0.05, 0.1) is 23.4 Å². The Morgan fingerprint density at radius 1 is 0.938 bits per heavy atom. The lowest BCUT2D eigenvalue weighted by atomic mass is 10.1. The molecule has 0 atom stereocenters. The van der Waals surface area contributed by atoms with Gasteiger partial charge in [-0.15, -0.1) is 0 Å². The van der Waals surface area contributed by atoms with Crippen molar-refractivity contribution in [2.45, 2.75) is 18.7 Å². The maximum atomic E-state index is 13.0. The maximum absolute atomic E-state index is 13.0. The Kier molecular flexibility index (Phi) is 7.20. The first-order chi connectivity index (χ1) is 15.2. The minimum atomic E-state index is -3.96. The van der Waals surface area contributed by atoms with E-state index in [1.165, 1.54) is 18.2 Å². The molecule has 4 N–H and O–H groups in total. The first kappa shape index (κ1) is 23.7. The summed E-state index contributed by atoms with van der Waals surface area (Å²) in [6, 6.07) is 15.0. The monoisotopic (exact) mass is 477 g/mol. The molecule has 0 spiro atoms. The molecule has 2 amide bonds. The number of urea groups is 1. The van der Waals surface area contributed by atoms with E-state index >= 15 is 0 Å². The SMILES string of the molecule is CCOP(=O)(OCC)c1cccc(NS(=O)(=O)c2ccc3ccc(NC(N)=O)cc3c2)c1. The third-order valence-corrected chi connectivity index (χ3v) is 7.89. The number of hydrogen-bond acceptors (Lipinski definition) is 6. The number of amides is 2. The Bertz CT molecular complexity index is 1290. The lowest BCUT2D eigenvalue weighted by molar-refractivity contribution is 0.230. The van der Waals surface area contributed by atoms with Crippen LogP contribution in [0, 0.1) is 0 Å². The van der Waals surface area contributed by atoms with Crippen LogP contribution in [-0.2, 0) is 23.6 Å². The van der Waals surface area contributed by atoms with Gasteiger partial charge in [-0.2, -0.15) is 0 Å². The third-order valence-electron chi connectivity index (χ3n) is 4.40. The summed E-state index contributed by atoms with van der Waals surface area (Å²) < 4.78 is 52.1. The zero-order valence-corrected chi connectivity index (χ0v) is 19.3. The molecular formula is C21H24N3O6PS. The van der Waals surface area contributed by atoms with Gasteiger partial charge in [-0.25, -0.2) is 13.2 Å². The highest BCUT2D eigenvalue weighted by Crippen LogP contribution is 2.47. The largest absolute Gasteiger partial charge is 0.361 e. The molecule has 0 saturated heterocycles. The summed E-state index contributed by atoms with van der Waals surface area (Å²) >= 11 is 0. The Morgan fingerprint density at radius 3 is 2.28 bits per heavy atom. The molecule has 0 fully saturated rings. The minimum absolute atomic E-state index is 0.0180. The van der Waals surface area contributed by atoms with Crippen LogP contribution in [-0.4, -0.2) is 27.7 Å². The van der Waals surface area contributed by atoms with Crippen LogP contribution in [0.4, 0.5) is 16.2 Å². The van der Waals surface area contributed by atoms with Crippen LogP contribution in [0.1, 0.15) is 13.8 Å². The quantitative estimate of drug-likeness (QED) is 0.398. The van der Waals surface area contributed by atoms with Crippen molar-refractivity contribution in [2.24, 2.45) is 5.73 Å². The van der Waals surface area contributed by atoms with Crippen LogP contribution in [0.15, 0.2) is 65.6 Å². The summed E-state index contributed by atoms with van der Waals surface area (Å²) in [6.45, 7) is 3.75. The first-order valence-corrected chi connectivity index (χ1v) is 12.8. The fourth-order valence-corrected chi connectivity index (χ4v) is 5.79. The number of rotatable bonds is 9. The molecule has 0 bridgehead atoms. The van der Waals surface area contributed by atoms with Crippen LogP contribution in [0.2, 0.25) is 0 Å². The van der Waals surface area contributed by atoms with E-state index in [2.05, 4.69) is 10.0 Å². The predicted octanol–water partition coefficient (Wildman–Crippen LogP) is 4.02. The number of sulfonamides is 1. The smallest absolute Gasteiger partial charge is 0.351 e. The second-order valence-electron chi connectivity index (χ2n) is 6.70. The lowest BCUT2D eigenvalue weighted by Crippen LogP contribution is -2.19. The van der Waals surface area contributed by atoms with E-state index in [9.17, 15) is 17.8 Å². The zero-order valence-electron chi connectivity index (χ0n) is 17.6. The molecule has 9 nitrogen and oxygen atoms in total. The fourth-order valence-electron chi connectivity index (χ4n) is 3.09. The van der Waals surface area contributed by atoms with Gasteiger partial charge in [0.25, 0.3) is 10.0 Å². The van der Waals surface area contributed by atoms with Gasteiger partial charge in [0, 0.05) is 11.4 Å². The number of fused-ring (bicyclic) bond motifs is 1. The van der Waals surface area contributed by atoms with Crippen LogP contribution in [0.5, 0.6) is 0 Å². The molecule has 3 aromatic rings. The molecule has 0 aromatic heterocycles. The van der Waals surface area contributed by atoms with Crippen LogP contribution >= 0.6 is 7.60 Å². The van der Waals surface area contributed by atoms with E-state index in [0.717, 1.165) is 5.39 Å². The summed E-state index contributed by atoms with van der Waals surface area (Å²) in [5.74, 6) is 0. The molecule has 3 aromatic carbocycles. The molecule has 0 aliphatic carbocycles. The maximum Gasteiger partial charge on any atom is 0.361 e. The minimum Gasteiger partial charge on any atom is -0.351 e. The Morgan fingerprint density at radius 2 is 1.62 bits per heavy atom. The summed E-state index contributed by atoms with van der Waals surface area (Å²) in [5, 5.41) is 4.10. The highest BCUT2D eigenvalue weighted by Gasteiger charge is 2.27. The van der Waals surface area contributed by atoms with Crippen molar-refractivity contribution in [3.63, 3.8) is 0 Å². The Hall–Kier alpha value is -2.91. The average Bonchev–Trinajstić information content (AvgIpc) is 2.73. The Balaban J connectivity index is 1.93. The van der Waals surface area contributed by atoms with Gasteiger partial charge in [-0.05, 0) is 67.1 Å². The molecule has 32 heavy (non-hydrogen) atoms. The molecule has 0 radical (unpaired) electrons. The topological polar surface area (TPSA) is 137 Å². The van der Waals surface area contributed by atoms with Crippen LogP contribution in [0.3, 0.4) is 0 Å². The van der Waals surface area contributed by atoms with E-state index in [1.807, 2.05) is 0 Å². The average molecular weight is 477 g/mol. The van der Waals surface area contributed by atoms with Gasteiger partial charge in [0.1, 0.15) is 0 Å². The van der Waals surface area contributed by atoms with E-state index in [1.54, 1.807) is 56.3 Å². The van der Waals surface area contributed by atoms with Crippen molar-refractivity contribution >= 4 is 51.1 Å². The molecule has 0 unspecified atom stereocenters. The van der Waals surface area contributed by atoms with Crippen molar-refractivity contribution in [1.29, 1.82) is 0 Å². The summed E-state index contributed by atoms with van der Waals surface area (Å²) in [4.78, 5) is 11.1. The first-order valence-electron chi connectivity index (χ1n) is 9.79. The standard InChI is InChI=1S/C21H24N3O6PS/c1-3-29-31(26,30-4-2)19-7-5-6-18(14-19)24-32(27,28)20-11-9-15-8-10-17(23-21(22)25)12-16(15)13-20/h5-14,24H,3-4H2,1-2H3,(H3,22,23,25). The normalized spacial score (nSPS) is 11.9. The third kappa shape index (κ3) is 5.46. The van der Waals surface area contributed by atoms with E-state index in [0.29, 0.717) is 11.1 Å². The van der Waals surface area contributed by atoms with Crippen molar-refractivity contribution in [2.75, 3.05) is 23.3 Å². The van der Waals surface area contributed by atoms with Gasteiger partial charge < -0.3 is 20.1 Å². The zero-order chi connectivity index (χ0) is 23.4. The van der Waals surface area contributed by atoms with Crippen molar-refractivity contribution < 1.29 is 26.8 Å². The van der Waals surface area contributed by atoms with Crippen molar-refractivity contribution in [3.05, 3.63) is 60.7 Å². The number of hydrogen-bond donors (Lipinski definition) is 3. The van der Waals surface area contributed by atoms with Gasteiger partial charge in [0.15, 0.2) is 0 Å². The molecular weight excluding hydrogens is 453 g/mol. The van der Waals surface area contributed by atoms with Gasteiger partial charge in [-0.1, -0.05) is 18.2 Å². The highest BCUT2D eigenvalue weighted by atomic mass is 32.2. The second-order valence-corrected chi connectivity index (χ2v) is 10.4. The summed E-state index contributed by atoms with van der Waals surface area (Å²) in [5.41, 5.74) is 5.80. The molecule has 11 heteroatoms. The van der Waals surface area contributed by atoms with E-state index in [-0.39, 0.29) is 29.1 Å². The van der Waals surface area contributed by atoms with Gasteiger partial charge in [0.2, 0.25) is 0 Å². The number of nitrogens with two attached hydrogens (primary N) is 1.